The first-order valence-corrected chi connectivity index (χ1v) is 5.77. The molecule has 0 aliphatic carbocycles. The van der Waals surface area contributed by atoms with Crippen molar-refractivity contribution in [3.8, 4) is 0 Å². The molecule has 1 amide bonds. The Morgan fingerprint density at radius 1 is 1.15 bits per heavy atom. The van der Waals surface area contributed by atoms with Crippen LogP contribution in [0, 0.1) is 22.9 Å². The molecule has 1 aromatic rings. The fraction of sp³-hybridized carbons (Fsp3) is 0.385. The van der Waals surface area contributed by atoms with E-state index in [4.69, 9.17) is 5.11 Å². The molecule has 0 saturated heterocycles. The van der Waals surface area contributed by atoms with Crippen molar-refractivity contribution in [2.24, 2.45) is 5.41 Å². The molecular formula is C13H14F3NO3. The first-order valence-electron chi connectivity index (χ1n) is 5.77. The van der Waals surface area contributed by atoms with Gasteiger partial charge in [0.05, 0.1) is 6.42 Å². The summed E-state index contributed by atoms with van der Waals surface area (Å²) in [5.74, 6) is -6.10. The topological polar surface area (TPSA) is 66.4 Å². The Bertz CT molecular complexity index is 521. The molecule has 0 fully saturated rings. The summed E-state index contributed by atoms with van der Waals surface area (Å²) in [7, 11) is 0. The number of halogens is 3. The van der Waals surface area contributed by atoms with Gasteiger partial charge in [0.25, 0.3) is 0 Å². The molecule has 0 radical (unpaired) electrons. The number of rotatable bonds is 5. The zero-order chi connectivity index (χ0) is 15.5. The molecule has 0 heterocycles. The number of hydrogen-bond donors (Lipinski definition) is 2. The third-order valence-corrected chi connectivity index (χ3v) is 2.54. The summed E-state index contributed by atoms with van der Waals surface area (Å²) in [4.78, 5) is 22.3. The van der Waals surface area contributed by atoms with Gasteiger partial charge in [0, 0.05) is 24.2 Å². The summed E-state index contributed by atoms with van der Waals surface area (Å²) in [5.41, 5.74) is -1.04. The van der Waals surface area contributed by atoms with Gasteiger partial charge in [-0.1, -0.05) is 13.8 Å². The number of carbonyl (C=O) groups excluding carboxylic acids is 1. The van der Waals surface area contributed by atoms with Crippen molar-refractivity contribution in [2.45, 2.75) is 26.7 Å². The van der Waals surface area contributed by atoms with Gasteiger partial charge in [0.1, 0.15) is 0 Å². The SMILES string of the molecule is CC(C)(CC(=O)O)CC(=O)Nc1cc(F)c(F)c(F)c1. The van der Waals surface area contributed by atoms with Gasteiger partial charge in [0.2, 0.25) is 5.91 Å². The minimum Gasteiger partial charge on any atom is -0.481 e. The number of amides is 1. The summed E-state index contributed by atoms with van der Waals surface area (Å²) in [6, 6.07) is 1.31. The standard InChI is InChI=1S/C13H14F3NO3/c1-13(2,6-11(19)20)5-10(18)17-7-3-8(14)12(16)9(15)4-7/h3-4H,5-6H2,1-2H3,(H,17,18)(H,19,20). The zero-order valence-electron chi connectivity index (χ0n) is 11.0. The van der Waals surface area contributed by atoms with E-state index in [0.717, 1.165) is 0 Å². The van der Waals surface area contributed by atoms with Gasteiger partial charge in [0.15, 0.2) is 17.5 Å². The van der Waals surface area contributed by atoms with Gasteiger partial charge < -0.3 is 10.4 Å². The lowest BCUT2D eigenvalue weighted by Crippen LogP contribution is -2.24. The average molecular weight is 289 g/mol. The number of benzene rings is 1. The van der Waals surface area contributed by atoms with Crippen LogP contribution < -0.4 is 5.32 Å². The van der Waals surface area contributed by atoms with E-state index in [9.17, 15) is 22.8 Å². The van der Waals surface area contributed by atoms with Gasteiger partial charge in [-0.3, -0.25) is 9.59 Å². The van der Waals surface area contributed by atoms with Gasteiger partial charge in [-0.05, 0) is 5.41 Å². The Kier molecular flexibility index (Phi) is 4.75. The predicted octanol–water partition coefficient (Wildman–Crippen LogP) is 2.93. The number of hydrogen-bond acceptors (Lipinski definition) is 2. The highest BCUT2D eigenvalue weighted by Crippen LogP contribution is 2.26. The van der Waals surface area contributed by atoms with Crippen LogP contribution in [0.25, 0.3) is 0 Å². The Hall–Kier alpha value is -2.05. The van der Waals surface area contributed by atoms with Crippen LogP contribution in [0.1, 0.15) is 26.7 Å². The molecular weight excluding hydrogens is 275 g/mol. The lowest BCUT2D eigenvalue weighted by molar-refractivity contribution is -0.139. The molecule has 7 heteroatoms. The quantitative estimate of drug-likeness (QED) is 0.819. The van der Waals surface area contributed by atoms with Crippen molar-refractivity contribution in [1.82, 2.24) is 0 Å². The van der Waals surface area contributed by atoms with Crippen LogP contribution in [0.3, 0.4) is 0 Å². The Morgan fingerprint density at radius 3 is 2.10 bits per heavy atom. The fourth-order valence-electron chi connectivity index (χ4n) is 1.74. The fourth-order valence-corrected chi connectivity index (χ4v) is 1.74. The molecule has 0 atom stereocenters. The lowest BCUT2D eigenvalue weighted by atomic mass is 9.85. The molecule has 1 aromatic carbocycles. The summed E-state index contributed by atoms with van der Waals surface area (Å²) in [6.07, 6.45) is -0.382. The summed E-state index contributed by atoms with van der Waals surface area (Å²) < 4.78 is 38.6. The number of carbonyl (C=O) groups is 2. The van der Waals surface area contributed by atoms with E-state index in [0.29, 0.717) is 12.1 Å². The Balaban J connectivity index is 2.74. The zero-order valence-corrected chi connectivity index (χ0v) is 11.0. The van der Waals surface area contributed by atoms with Crippen molar-refractivity contribution in [3.05, 3.63) is 29.6 Å². The molecule has 0 spiro atoms. The van der Waals surface area contributed by atoms with E-state index in [1.165, 1.54) is 0 Å². The van der Waals surface area contributed by atoms with Crippen LogP contribution >= 0.6 is 0 Å². The van der Waals surface area contributed by atoms with Gasteiger partial charge in [-0.2, -0.15) is 0 Å². The highest BCUT2D eigenvalue weighted by atomic mass is 19.2. The maximum atomic E-state index is 13.0. The molecule has 4 nitrogen and oxygen atoms in total. The van der Waals surface area contributed by atoms with Gasteiger partial charge >= 0.3 is 5.97 Å². The van der Waals surface area contributed by atoms with Crippen molar-refractivity contribution in [2.75, 3.05) is 5.32 Å². The van der Waals surface area contributed by atoms with Gasteiger partial charge in [-0.15, -0.1) is 0 Å². The van der Waals surface area contributed by atoms with Crippen LogP contribution in [0.4, 0.5) is 18.9 Å². The highest BCUT2D eigenvalue weighted by molar-refractivity contribution is 5.91. The second-order valence-corrected chi connectivity index (χ2v) is 5.21. The van der Waals surface area contributed by atoms with E-state index < -0.39 is 34.7 Å². The summed E-state index contributed by atoms with van der Waals surface area (Å²) in [5, 5.41) is 10.9. The first kappa shape index (κ1) is 16.0. The van der Waals surface area contributed by atoms with Crippen LogP contribution in [0.15, 0.2) is 12.1 Å². The molecule has 110 valence electrons. The largest absolute Gasteiger partial charge is 0.481 e. The van der Waals surface area contributed by atoms with E-state index in [2.05, 4.69) is 5.32 Å². The minimum absolute atomic E-state index is 0.153. The van der Waals surface area contributed by atoms with Crippen molar-refractivity contribution in [3.63, 3.8) is 0 Å². The minimum atomic E-state index is -1.62. The van der Waals surface area contributed by atoms with Crippen LogP contribution in [-0.2, 0) is 9.59 Å². The third-order valence-electron chi connectivity index (χ3n) is 2.54. The Morgan fingerprint density at radius 2 is 1.65 bits per heavy atom. The highest BCUT2D eigenvalue weighted by Gasteiger charge is 2.25. The van der Waals surface area contributed by atoms with E-state index in [1.807, 2.05) is 0 Å². The smallest absolute Gasteiger partial charge is 0.303 e. The first-order chi connectivity index (χ1) is 9.10. The molecule has 0 bridgehead atoms. The Labute approximate surface area is 113 Å². The normalized spacial score (nSPS) is 11.2. The number of nitrogens with one attached hydrogen (secondary N) is 1. The molecule has 0 aliphatic rings. The maximum Gasteiger partial charge on any atom is 0.303 e. The van der Waals surface area contributed by atoms with Crippen molar-refractivity contribution < 1.29 is 27.9 Å². The third kappa shape index (κ3) is 4.56. The van der Waals surface area contributed by atoms with Crippen molar-refractivity contribution in [1.29, 1.82) is 0 Å². The molecule has 0 aliphatic heterocycles. The molecule has 0 aromatic heterocycles. The molecule has 2 N–H and O–H groups in total. The van der Waals surface area contributed by atoms with E-state index in [1.54, 1.807) is 13.8 Å². The molecule has 0 saturated carbocycles. The monoisotopic (exact) mass is 289 g/mol. The lowest BCUT2D eigenvalue weighted by Gasteiger charge is -2.21. The van der Waals surface area contributed by atoms with Crippen LogP contribution in [-0.4, -0.2) is 17.0 Å². The number of aliphatic carboxylic acids is 1. The second kappa shape index (κ2) is 5.94. The van der Waals surface area contributed by atoms with Gasteiger partial charge in [-0.25, -0.2) is 13.2 Å². The summed E-state index contributed by atoms with van der Waals surface area (Å²) in [6.45, 7) is 3.15. The molecule has 0 unspecified atom stereocenters. The second-order valence-electron chi connectivity index (χ2n) is 5.21. The van der Waals surface area contributed by atoms with Crippen molar-refractivity contribution >= 4 is 17.6 Å². The van der Waals surface area contributed by atoms with Crippen LogP contribution in [0.2, 0.25) is 0 Å². The maximum absolute atomic E-state index is 13.0. The van der Waals surface area contributed by atoms with E-state index in [-0.39, 0.29) is 18.5 Å². The predicted molar refractivity (Wildman–Crippen MR) is 65.6 cm³/mol. The average Bonchev–Trinajstić information content (AvgIpc) is 2.22. The van der Waals surface area contributed by atoms with Crippen LogP contribution in [0.5, 0.6) is 0 Å². The number of anilines is 1. The number of carboxylic acids is 1. The summed E-state index contributed by atoms with van der Waals surface area (Å²) >= 11 is 0. The number of carboxylic acid groups (broad SMARTS) is 1. The molecule has 20 heavy (non-hydrogen) atoms. The van der Waals surface area contributed by atoms with E-state index >= 15 is 0 Å². The molecule has 1 rings (SSSR count).